The van der Waals surface area contributed by atoms with Crippen LogP contribution in [0.2, 0.25) is 0 Å². The van der Waals surface area contributed by atoms with Crippen LogP contribution in [-0.2, 0) is 30.4 Å². The monoisotopic (exact) mass is 651 g/mol. The van der Waals surface area contributed by atoms with Crippen molar-refractivity contribution in [3.63, 3.8) is 0 Å². The molecule has 47 heavy (non-hydrogen) atoms. The van der Waals surface area contributed by atoms with E-state index in [9.17, 15) is 24.0 Å². The highest BCUT2D eigenvalue weighted by molar-refractivity contribution is 5.96. The van der Waals surface area contributed by atoms with Crippen molar-refractivity contribution in [3.8, 4) is 22.6 Å². The number of nitrogens with two attached hydrogens (primary N) is 2. The quantitative estimate of drug-likeness (QED) is 0.236. The summed E-state index contributed by atoms with van der Waals surface area (Å²) in [6, 6.07) is 8.77. The maximum absolute atomic E-state index is 14.1. The van der Waals surface area contributed by atoms with Crippen LogP contribution >= 0.6 is 0 Å². The van der Waals surface area contributed by atoms with E-state index in [1.807, 2.05) is 12.1 Å². The summed E-state index contributed by atoms with van der Waals surface area (Å²) in [5.74, 6) is -1.82. The van der Waals surface area contributed by atoms with E-state index in [2.05, 4.69) is 10.6 Å². The van der Waals surface area contributed by atoms with Gasteiger partial charge in [0.1, 0.15) is 36.5 Å². The Bertz CT molecular complexity index is 1450. The van der Waals surface area contributed by atoms with Crippen LogP contribution in [0.25, 0.3) is 11.1 Å². The zero-order valence-corrected chi connectivity index (χ0v) is 28.1. The molecule has 0 saturated heterocycles. The first-order chi connectivity index (χ1) is 22.4. The van der Waals surface area contributed by atoms with Crippen LogP contribution in [0.3, 0.4) is 0 Å². The number of rotatable bonds is 14. The van der Waals surface area contributed by atoms with Crippen molar-refractivity contribution in [2.24, 2.45) is 23.3 Å². The van der Waals surface area contributed by atoms with E-state index in [0.29, 0.717) is 34.7 Å². The molecule has 0 spiro atoms. The van der Waals surface area contributed by atoms with Crippen molar-refractivity contribution < 1.29 is 33.4 Å². The molecule has 12 heteroatoms. The molecule has 0 aromatic heterocycles. The minimum Gasteiger partial charge on any atom is -0.492 e. The highest BCUT2D eigenvalue weighted by Crippen LogP contribution is 2.40. The molecule has 2 aromatic carbocycles. The number of Topliss-reactive ketones (excluding diaryl/α,β-unsaturated/α-hetero) is 3. The Hall–Kier alpha value is -4.13. The zero-order chi connectivity index (χ0) is 34.7. The third-order valence-electron chi connectivity index (χ3n) is 8.38. The summed E-state index contributed by atoms with van der Waals surface area (Å²) in [7, 11) is 3.32. The molecule has 6 N–H and O–H groups in total. The molecule has 4 bridgehead atoms. The number of ketones is 3. The number of ether oxygens (including phenoxy) is 2. The van der Waals surface area contributed by atoms with E-state index in [1.165, 1.54) is 11.8 Å². The number of nitrogens with zero attached hydrogens (tertiary/aromatic N) is 1. The molecule has 12 nitrogen and oxygen atoms in total. The van der Waals surface area contributed by atoms with Crippen LogP contribution in [0, 0.1) is 11.8 Å². The van der Waals surface area contributed by atoms with Gasteiger partial charge in [0.2, 0.25) is 11.8 Å². The number of amides is 2. The van der Waals surface area contributed by atoms with Crippen LogP contribution in [0.15, 0.2) is 36.4 Å². The molecule has 4 atom stereocenters. The van der Waals surface area contributed by atoms with Crippen molar-refractivity contribution in [2.45, 2.75) is 58.5 Å². The number of fused-ring (bicyclic) bond motifs is 5. The molecular formula is C35H49N5O7. The van der Waals surface area contributed by atoms with Crippen molar-refractivity contribution in [3.05, 3.63) is 47.5 Å². The van der Waals surface area contributed by atoms with E-state index >= 15 is 0 Å². The summed E-state index contributed by atoms with van der Waals surface area (Å²) in [6.07, 6.45) is 0.0870. The van der Waals surface area contributed by atoms with E-state index < -0.39 is 29.8 Å². The fourth-order valence-corrected chi connectivity index (χ4v) is 5.50. The van der Waals surface area contributed by atoms with Crippen molar-refractivity contribution in [1.29, 1.82) is 0 Å². The summed E-state index contributed by atoms with van der Waals surface area (Å²) in [5.41, 5.74) is 14.0. The van der Waals surface area contributed by atoms with Gasteiger partial charge in [0.25, 0.3) is 0 Å². The van der Waals surface area contributed by atoms with Crippen LogP contribution < -0.4 is 31.6 Å². The lowest BCUT2D eigenvalue weighted by molar-refractivity contribution is -0.139. The summed E-state index contributed by atoms with van der Waals surface area (Å²) in [4.78, 5) is 67.8. The summed E-state index contributed by atoms with van der Waals surface area (Å²) < 4.78 is 12.1. The average molecular weight is 652 g/mol. The maximum atomic E-state index is 14.1. The van der Waals surface area contributed by atoms with Gasteiger partial charge >= 0.3 is 0 Å². The second-order valence-corrected chi connectivity index (χ2v) is 12.1. The van der Waals surface area contributed by atoms with Gasteiger partial charge in [-0.1, -0.05) is 26.0 Å². The second-order valence-electron chi connectivity index (χ2n) is 12.1. The highest BCUT2D eigenvalue weighted by Gasteiger charge is 2.33. The number of carbonyl (C=O) groups excluding carboxylic acids is 5. The summed E-state index contributed by atoms with van der Waals surface area (Å²) in [6.45, 7) is 6.14. The Labute approximate surface area is 276 Å². The molecule has 0 unspecified atom stereocenters. The molecule has 0 radical (unpaired) electrons. The number of nitrogens with one attached hydrogen (secondary N) is 2. The van der Waals surface area contributed by atoms with Crippen molar-refractivity contribution in [2.75, 3.05) is 46.9 Å². The number of hydrogen-bond acceptors (Lipinski definition) is 10. The Balaban J connectivity index is 2.28. The van der Waals surface area contributed by atoms with Gasteiger partial charge in [-0.3, -0.25) is 24.0 Å². The van der Waals surface area contributed by atoms with Gasteiger partial charge in [0, 0.05) is 68.9 Å². The number of carbonyl (C=O) groups is 5. The molecule has 1 heterocycles. The molecule has 2 amide bonds. The second kappa shape index (κ2) is 17.7. The summed E-state index contributed by atoms with van der Waals surface area (Å²) in [5, 5.41) is 5.82. The Kier molecular flexibility index (Phi) is 14.1. The minimum absolute atomic E-state index is 0.0428. The molecule has 3 rings (SSSR count). The number of benzene rings is 2. The van der Waals surface area contributed by atoms with Gasteiger partial charge in [-0.15, -0.1) is 0 Å². The first kappa shape index (κ1) is 37.3. The topological polar surface area (TPSA) is 183 Å². The first-order valence-corrected chi connectivity index (χ1v) is 16.1. The van der Waals surface area contributed by atoms with E-state index in [1.54, 1.807) is 52.2 Å². The SMILES string of the molecule is CNCCC(=O)N(C)[C@@H]1C(=O)C[C@@H](C)C(=O)N[C@H](C(=O)C[C@@H](C)C(C)=O)Cc2ccc(OCCN)c(c2)-c2cc1ccc2OCCN. The normalized spacial score (nSPS) is 18.8. The predicted octanol–water partition coefficient (Wildman–Crippen LogP) is 1.96. The minimum atomic E-state index is -1.01. The fraction of sp³-hybridized carbons (Fsp3) is 0.514. The van der Waals surface area contributed by atoms with Crippen LogP contribution in [0.4, 0.5) is 0 Å². The van der Waals surface area contributed by atoms with Crippen molar-refractivity contribution >= 4 is 29.2 Å². The van der Waals surface area contributed by atoms with E-state index in [-0.39, 0.29) is 75.2 Å². The largest absolute Gasteiger partial charge is 0.492 e. The van der Waals surface area contributed by atoms with E-state index in [4.69, 9.17) is 20.9 Å². The maximum Gasteiger partial charge on any atom is 0.224 e. The zero-order valence-electron chi connectivity index (χ0n) is 28.1. The average Bonchev–Trinajstić information content (AvgIpc) is 3.04. The van der Waals surface area contributed by atoms with Crippen LogP contribution in [0.1, 0.15) is 57.2 Å². The van der Waals surface area contributed by atoms with Gasteiger partial charge < -0.3 is 36.5 Å². The Morgan fingerprint density at radius 3 is 2.21 bits per heavy atom. The van der Waals surface area contributed by atoms with E-state index in [0.717, 1.165) is 5.56 Å². The van der Waals surface area contributed by atoms with Crippen LogP contribution in [0.5, 0.6) is 11.5 Å². The lowest BCUT2D eigenvalue weighted by Crippen LogP contribution is -2.46. The molecule has 0 saturated carbocycles. The smallest absolute Gasteiger partial charge is 0.224 e. The molecule has 1 aliphatic heterocycles. The number of hydrogen-bond donors (Lipinski definition) is 4. The lowest BCUT2D eigenvalue weighted by atomic mass is 9.88. The Morgan fingerprint density at radius 1 is 1.00 bits per heavy atom. The molecule has 2 aromatic rings. The first-order valence-electron chi connectivity index (χ1n) is 16.1. The fourth-order valence-electron chi connectivity index (χ4n) is 5.50. The van der Waals surface area contributed by atoms with Gasteiger partial charge in [-0.05, 0) is 55.8 Å². The van der Waals surface area contributed by atoms with Gasteiger partial charge in [-0.25, -0.2) is 0 Å². The van der Waals surface area contributed by atoms with Crippen LogP contribution in [-0.4, -0.2) is 87.0 Å². The van der Waals surface area contributed by atoms with Gasteiger partial charge in [0.05, 0.1) is 6.04 Å². The predicted molar refractivity (Wildman–Crippen MR) is 179 cm³/mol. The van der Waals surface area contributed by atoms with Gasteiger partial charge in [-0.2, -0.15) is 0 Å². The molecule has 256 valence electrons. The summed E-state index contributed by atoms with van der Waals surface area (Å²) >= 11 is 0. The molecular weight excluding hydrogens is 602 g/mol. The molecule has 0 aliphatic carbocycles. The third-order valence-corrected chi connectivity index (χ3v) is 8.38. The molecule has 0 fully saturated rings. The van der Waals surface area contributed by atoms with Crippen molar-refractivity contribution in [1.82, 2.24) is 15.5 Å². The highest BCUT2D eigenvalue weighted by atomic mass is 16.5. The third kappa shape index (κ3) is 9.93. The van der Waals surface area contributed by atoms with Gasteiger partial charge in [0.15, 0.2) is 11.6 Å². The number of likely N-dealkylation sites (N-methyl/N-ethyl adjacent to an activating group) is 1. The lowest BCUT2D eigenvalue weighted by Gasteiger charge is -2.30. The Morgan fingerprint density at radius 2 is 1.62 bits per heavy atom. The standard InChI is InChI=1S/C35H49N5O7/c1-21(23(3)41)16-29(42)28-19-24-6-8-31(46-14-11-36)26(18-24)27-20-25(7-9-32(27)47-15-12-37)34(40(5)33(44)10-13-38-4)30(43)17-22(2)35(45)39-28/h6-9,18,20-22,28,34,38H,10-17,19,36-37H2,1-5H3,(H,39,45)/t21-,22-,28+,34+/m1/s1. The molecule has 1 aliphatic rings.